The molecule has 1 radical (unpaired) electrons. The molecule has 1 aliphatic rings. The molecule has 9 heteroatoms. The van der Waals surface area contributed by atoms with E-state index < -0.39 is 11.7 Å². The van der Waals surface area contributed by atoms with Crippen molar-refractivity contribution >= 4 is 48.2 Å². The summed E-state index contributed by atoms with van der Waals surface area (Å²) in [4.78, 5) is 21.6. The van der Waals surface area contributed by atoms with E-state index in [1.807, 2.05) is 6.07 Å². The Labute approximate surface area is 355 Å². The van der Waals surface area contributed by atoms with Gasteiger partial charge in [-0.15, -0.1) is 40.5 Å². The molecule has 311 valence electrons. The third kappa shape index (κ3) is 10.9. The van der Waals surface area contributed by atoms with Crippen molar-refractivity contribution in [1.82, 2.24) is 9.97 Å². The molecule has 3 aromatic carbocycles. The molecular weight excluding hydrogens is 918 g/mol. The van der Waals surface area contributed by atoms with E-state index in [0.717, 1.165) is 45.0 Å². The normalized spacial score (nSPS) is 14.6. The Bertz CT molecular complexity index is 2170. The standard InChI is InChI=1S/C31H28F3N2S.C17H32O2.Ir/c1-30(2,3)25-16-21(14-20-15-22(31(32,33)34)9-11-23(20)25)27-29-28(36-17-35-27)24-10-8-19(13-26(24)37-29)12-18-6-4-5-7-18;1-10(2)16(11(3)4)14(18)9-15(19)17(12(5)6)13(7)8;/h8-11,13,15-18H,4-7,12H2,1-3H3;9-13,16-18H,1-8H3;/q-1;;/b;14-9-;. The zero-order valence-corrected chi connectivity index (χ0v) is 38.6. The van der Waals surface area contributed by atoms with E-state index in [1.165, 1.54) is 48.1 Å². The van der Waals surface area contributed by atoms with Gasteiger partial charge in [0.15, 0.2) is 5.78 Å². The largest absolute Gasteiger partial charge is 0.512 e. The zero-order chi connectivity index (χ0) is 41.3. The first-order valence-corrected chi connectivity index (χ1v) is 21.2. The summed E-state index contributed by atoms with van der Waals surface area (Å²) in [5.41, 5.74) is 3.67. The van der Waals surface area contributed by atoms with Gasteiger partial charge in [-0.25, -0.2) is 4.98 Å². The van der Waals surface area contributed by atoms with E-state index in [-0.39, 0.29) is 48.9 Å². The number of benzene rings is 3. The smallest absolute Gasteiger partial charge is 0.409 e. The number of aliphatic hydroxyl groups excluding tert-OH is 1. The van der Waals surface area contributed by atoms with Crippen LogP contribution in [0, 0.1) is 47.5 Å². The van der Waals surface area contributed by atoms with Crippen LogP contribution in [0.25, 0.3) is 42.3 Å². The number of alkyl halides is 3. The average molecular weight is 978 g/mol. The molecule has 1 saturated carbocycles. The minimum atomic E-state index is -4.41. The first-order chi connectivity index (χ1) is 26.2. The van der Waals surface area contributed by atoms with Crippen LogP contribution in [0.3, 0.4) is 0 Å². The molecule has 1 fully saturated rings. The Hall–Kier alpha value is -3.13. The van der Waals surface area contributed by atoms with Crippen molar-refractivity contribution in [2.45, 2.75) is 120 Å². The van der Waals surface area contributed by atoms with Crippen LogP contribution in [0.15, 0.2) is 60.6 Å². The molecule has 0 amide bonds. The first kappa shape index (κ1) is 46.6. The van der Waals surface area contributed by atoms with E-state index in [4.69, 9.17) is 0 Å². The quantitative estimate of drug-likeness (QED) is 0.0860. The maximum atomic E-state index is 13.5. The van der Waals surface area contributed by atoms with Gasteiger partial charge in [0.25, 0.3) is 0 Å². The van der Waals surface area contributed by atoms with Crippen molar-refractivity contribution in [2.75, 3.05) is 0 Å². The van der Waals surface area contributed by atoms with E-state index >= 15 is 0 Å². The van der Waals surface area contributed by atoms with Crippen LogP contribution in [0.2, 0.25) is 0 Å². The second-order valence-electron chi connectivity index (χ2n) is 18.3. The van der Waals surface area contributed by atoms with Crippen LogP contribution in [0.1, 0.15) is 119 Å². The van der Waals surface area contributed by atoms with Gasteiger partial charge >= 0.3 is 6.18 Å². The summed E-state index contributed by atoms with van der Waals surface area (Å²) in [5.74, 6) is 2.40. The van der Waals surface area contributed by atoms with Crippen molar-refractivity contribution in [3.63, 3.8) is 0 Å². The Morgan fingerprint density at radius 1 is 0.860 bits per heavy atom. The fraction of sp³-hybridized carbons (Fsp3) is 0.521. The predicted octanol–water partition coefficient (Wildman–Crippen LogP) is 14.4. The molecule has 0 unspecified atom stereocenters. The third-order valence-corrected chi connectivity index (χ3v) is 12.6. The van der Waals surface area contributed by atoms with E-state index in [0.29, 0.717) is 40.3 Å². The fourth-order valence-corrected chi connectivity index (χ4v) is 10.1. The maximum Gasteiger partial charge on any atom is 0.409 e. The van der Waals surface area contributed by atoms with Crippen LogP contribution < -0.4 is 0 Å². The Morgan fingerprint density at radius 2 is 1.46 bits per heavy atom. The molecule has 5 aromatic rings. The van der Waals surface area contributed by atoms with E-state index in [1.54, 1.807) is 23.7 Å². The van der Waals surface area contributed by atoms with Crippen LogP contribution in [-0.4, -0.2) is 20.9 Å². The number of hydrogen-bond acceptors (Lipinski definition) is 5. The van der Waals surface area contributed by atoms with Crippen molar-refractivity contribution in [1.29, 1.82) is 0 Å². The molecule has 0 saturated heterocycles. The Balaban J connectivity index is 0.000000309. The van der Waals surface area contributed by atoms with E-state index in [2.05, 4.69) is 110 Å². The molecule has 0 aliphatic heterocycles. The van der Waals surface area contributed by atoms with Gasteiger partial charge in [-0.3, -0.25) is 9.78 Å². The summed E-state index contributed by atoms with van der Waals surface area (Å²) in [6.07, 6.45) is 5.01. The number of nitrogens with zero attached hydrogens (tertiary/aromatic N) is 2. The van der Waals surface area contributed by atoms with Gasteiger partial charge in [-0.05, 0) is 53.1 Å². The van der Waals surface area contributed by atoms with Crippen LogP contribution >= 0.6 is 11.3 Å². The Morgan fingerprint density at radius 3 is 2.02 bits per heavy atom. The summed E-state index contributed by atoms with van der Waals surface area (Å²) in [6, 6.07) is 15.9. The number of fused-ring (bicyclic) bond motifs is 4. The summed E-state index contributed by atoms with van der Waals surface area (Å²) in [7, 11) is 0. The second kappa shape index (κ2) is 18.8. The molecular formula is C48H60F3IrN2O2S-. The van der Waals surface area contributed by atoms with Gasteiger partial charge in [-0.2, -0.15) is 13.2 Å². The number of carbonyl (C=O) groups excluding carboxylic acids is 1. The topological polar surface area (TPSA) is 63.1 Å². The molecule has 1 N–H and O–H groups in total. The third-order valence-electron chi connectivity index (χ3n) is 11.4. The number of ketones is 1. The van der Waals surface area contributed by atoms with Gasteiger partial charge in [-0.1, -0.05) is 137 Å². The summed E-state index contributed by atoms with van der Waals surface area (Å²) in [6.45, 7) is 22.8. The van der Waals surface area contributed by atoms with Crippen molar-refractivity contribution in [3.8, 4) is 11.3 Å². The number of aliphatic hydroxyl groups is 1. The monoisotopic (exact) mass is 978 g/mol. The van der Waals surface area contributed by atoms with Crippen LogP contribution in [0.4, 0.5) is 13.2 Å². The van der Waals surface area contributed by atoms with Gasteiger partial charge in [0, 0.05) is 64.1 Å². The average Bonchev–Trinajstić information content (AvgIpc) is 3.73. The van der Waals surface area contributed by atoms with Crippen molar-refractivity contribution in [3.05, 3.63) is 83.4 Å². The van der Waals surface area contributed by atoms with Crippen LogP contribution in [-0.2, 0) is 42.9 Å². The predicted molar refractivity (Wildman–Crippen MR) is 228 cm³/mol. The molecule has 0 spiro atoms. The summed E-state index contributed by atoms with van der Waals surface area (Å²) in [5, 5.41) is 12.6. The number of carbonyl (C=O) groups is 1. The SMILES string of the molecule is CC(C)(C)c1cc(-c2ncnc3c2sc2cc(CC4CCCC4)ccc23)[c-]c2cc(C(F)(F)F)ccc12.CC(C)C(C(=O)/C=C(\O)C(C(C)C)C(C)C)C(C)C.[Ir]. The molecule has 57 heavy (non-hydrogen) atoms. The summed E-state index contributed by atoms with van der Waals surface area (Å²) < 4.78 is 42.7. The second-order valence-corrected chi connectivity index (χ2v) is 19.3. The fourth-order valence-electron chi connectivity index (χ4n) is 8.91. The number of halogens is 3. The number of aromatic nitrogens is 2. The first-order valence-electron chi connectivity index (χ1n) is 20.4. The molecule has 0 bridgehead atoms. The molecule has 1 aliphatic carbocycles. The molecule has 2 heterocycles. The van der Waals surface area contributed by atoms with E-state index in [9.17, 15) is 23.1 Å². The molecule has 2 aromatic heterocycles. The van der Waals surface area contributed by atoms with Gasteiger partial charge in [0.1, 0.15) is 6.33 Å². The minimum absolute atomic E-state index is 0. The number of allylic oxidation sites excluding steroid dienone is 2. The number of hydrogen-bond donors (Lipinski definition) is 1. The van der Waals surface area contributed by atoms with Crippen molar-refractivity contribution in [2.24, 2.45) is 41.4 Å². The Kier molecular flexibility index (Phi) is 15.4. The molecule has 6 rings (SSSR count). The molecule has 0 atom stereocenters. The van der Waals surface area contributed by atoms with Gasteiger partial charge in [0.2, 0.25) is 0 Å². The van der Waals surface area contributed by atoms with Gasteiger partial charge in [0.05, 0.1) is 11.3 Å². The maximum absolute atomic E-state index is 13.5. The van der Waals surface area contributed by atoms with Gasteiger partial charge < -0.3 is 5.11 Å². The number of rotatable bonds is 10. The molecule has 4 nitrogen and oxygen atoms in total. The zero-order valence-electron chi connectivity index (χ0n) is 35.4. The van der Waals surface area contributed by atoms with Crippen LogP contribution in [0.5, 0.6) is 0 Å². The van der Waals surface area contributed by atoms with Crippen molar-refractivity contribution < 1.29 is 43.2 Å². The minimum Gasteiger partial charge on any atom is -0.512 e. The number of thiophene rings is 1. The summed E-state index contributed by atoms with van der Waals surface area (Å²) >= 11 is 1.66.